The number of anilines is 3. The van der Waals surface area contributed by atoms with Crippen LogP contribution in [0.2, 0.25) is 0 Å². The van der Waals surface area contributed by atoms with Crippen LogP contribution < -0.4 is 15.6 Å². The summed E-state index contributed by atoms with van der Waals surface area (Å²) in [5, 5.41) is 2.27. The van der Waals surface area contributed by atoms with Crippen LogP contribution in [0.25, 0.3) is 29.2 Å². The van der Waals surface area contributed by atoms with Gasteiger partial charge in [0, 0.05) is 26.7 Å². The summed E-state index contributed by atoms with van der Waals surface area (Å²) in [5.41, 5.74) is 5.84. The van der Waals surface area contributed by atoms with Crippen molar-refractivity contribution in [2.24, 2.45) is 0 Å². The number of nitrogens with zero attached hydrogens (tertiary/aromatic N) is 3. The summed E-state index contributed by atoms with van der Waals surface area (Å²) in [7, 11) is 0. The van der Waals surface area contributed by atoms with Gasteiger partial charge in [-0.1, -0.05) is 66.4 Å². The Balaban J connectivity index is 1.37. The second kappa shape index (κ2) is 8.33. The number of rotatable bonds is 3. The second-order valence-corrected chi connectivity index (χ2v) is 9.87. The molecule has 0 N–H and O–H groups in total. The minimum atomic E-state index is 0.983. The third-order valence-corrected chi connectivity index (χ3v) is 7.74. The Hall–Kier alpha value is -4.02. The molecule has 0 amide bonds. The Morgan fingerprint density at radius 1 is 0.600 bits per heavy atom. The molecular weight excluding hydrogens is 446 g/mol. The van der Waals surface area contributed by atoms with E-state index in [4.69, 9.17) is 4.98 Å². The van der Waals surface area contributed by atoms with Gasteiger partial charge < -0.3 is 4.90 Å². The Labute approximate surface area is 208 Å². The highest BCUT2D eigenvalue weighted by Crippen LogP contribution is 2.51. The van der Waals surface area contributed by atoms with E-state index in [1.54, 1.807) is 0 Å². The summed E-state index contributed by atoms with van der Waals surface area (Å²) in [6.07, 6.45) is 6.66. The highest BCUT2D eigenvalue weighted by molar-refractivity contribution is 7.99. The van der Waals surface area contributed by atoms with E-state index in [1.165, 1.54) is 26.5 Å². The summed E-state index contributed by atoms with van der Waals surface area (Å²) in [5.74, 6) is 0.983. The molecule has 0 saturated heterocycles. The molecule has 0 spiro atoms. The zero-order valence-corrected chi connectivity index (χ0v) is 20.0. The summed E-state index contributed by atoms with van der Waals surface area (Å²) in [6, 6.07) is 36.6. The number of para-hydroxylation sites is 3. The van der Waals surface area contributed by atoms with Crippen LogP contribution in [0.15, 0.2) is 113 Å². The Morgan fingerprint density at radius 2 is 1.23 bits per heavy atom. The van der Waals surface area contributed by atoms with Gasteiger partial charge in [-0.3, -0.25) is 4.57 Å². The van der Waals surface area contributed by atoms with Crippen LogP contribution >= 0.6 is 11.8 Å². The maximum Gasteiger partial charge on any atom is 0.145 e. The number of imidazole rings is 1. The summed E-state index contributed by atoms with van der Waals surface area (Å²) >= 11 is 1.83. The molecule has 0 bridgehead atoms. The Kier molecular flexibility index (Phi) is 4.85. The lowest BCUT2D eigenvalue weighted by molar-refractivity contribution is 1.00. The highest BCUT2D eigenvalue weighted by Gasteiger charge is 2.24. The number of hydrogen-bond acceptors (Lipinski definition) is 3. The van der Waals surface area contributed by atoms with Crippen molar-refractivity contribution >= 4 is 41.0 Å². The molecule has 2 heterocycles. The van der Waals surface area contributed by atoms with Gasteiger partial charge in [0.15, 0.2) is 0 Å². The van der Waals surface area contributed by atoms with Crippen LogP contribution in [-0.4, -0.2) is 9.55 Å². The molecule has 1 aliphatic carbocycles. The van der Waals surface area contributed by atoms with Gasteiger partial charge in [0.05, 0.1) is 22.1 Å². The molecule has 0 radical (unpaired) electrons. The molecule has 1 aliphatic heterocycles. The molecule has 3 nitrogen and oxygen atoms in total. The van der Waals surface area contributed by atoms with Crippen molar-refractivity contribution in [2.75, 3.05) is 4.90 Å². The van der Waals surface area contributed by atoms with Gasteiger partial charge in [-0.05, 0) is 73.5 Å². The lowest BCUT2D eigenvalue weighted by Crippen LogP contribution is -2.31. The third-order valence-electron chi connectivity index (χ3n) is 6.61. The lowest BCUT2D eigenvalue weighted by atomic mass is 10.1. The molecule has 1 aromatic heterocycles. The van der Waals surface area contributed by atoms with Crippen molar-refractivity contribution in [3.05, 3.63) is 114 Å². The fraction of sp³-hybridized carbons (Fsp3) is 0.0645. The molecule has 0 atom stereocenters. The maximum absolute atomic E-state index is 5.07. The molecule has 0 fully saturated rings. The molecule has 5 aromatic rings. The van der Waals surface area contributed by atoms with Gasteiger partial charge in [0.25, 0.3) is 0 Å². The van der Waals surface area contributed by atoms with Crippen LogP contribution in [0.4, 0.5) is 17.1 Å². The zero-order valence-electron chi connectivity index (χ0n) is 19.1. The Bertz CT molecular complexity index is 1620. The maximum atomic E-state index is 5.07. The summed E-state index contributed by atoms with van der Waals surface area (Å²) in [4.78, 5) is 9.98. The van der Waals surface area contributed by atoms with Crippen molar-refractivity contribution in [3.63, 3.8) is 0 Å². The van der Waals surface area contributed by atoms with E-state index >= 15 is 0 Å². The van der Waals surface area contributed by atoms with Crippen LogP contribution in [0.1, 0.15) is 12.8 Å². The number of benzene rings is 4. The van der Waals surface area contributed by atoms with Crippen LogP contribution in [0.3, 0.4) is 0 Å². The molecule has 4 heteroatoms. The van der Waals surface area contributed by atoms with E-state index in [0.717, 1.165) is 41.0 Å². The van der Waals surface area contributed by atoms with Crippen molar-refractivity contribution < 1.29 is 0 Å². The minimum absolute atomic E-state index is 0.983. The summed E-state index contributed by atoms with van der Waals surface area (Å²) in [6.45, 7) is 0. The second-order valence-electron chi connectivity index (χ2n) is 8.78. The normalized spacial score (nSPS) is 13.8. The third kappa shape index (κ3) is 3.41. The molecule has 35 heavy (non-hydrogen) atoms. The van der Waals surface area contributed by atoms with Crippen LogP contribution in [0.5, 0.6) is 0 Å². The van der Waals surface area contributed by atoms with Gasteiger partial charge in [0.2, 0.25) is 0 Å². The molecular formula is C31H23N3S. The number of fused-ring (bicyclic) bond motifs is 3. The van der Waals surface area contributed by atoms with Crippen LogP contribution in [0, 0.1) is 0 Å². The molecule has 2 aliphatic rings. The van der Waals surface area contributed by atoms with Gasteiger partial charge in [-0.2, -0.15) is 0 Å². The smallest absolute Gasteiger partial charge is 0.145 e. The minimum Gasteiger partial charge on any atom is -0.308 e. The first-order valence-corrected chi connectivity index (χ1v) is 12.8. The topological polar surface area (TPSA) is 21.1 Å². The zero-order chi connectivity index (χ0) is 23.2. The van der Waals surface area contributed by atoms with E-state index in [-0.39, 0.29) is 0 Å². The van der Waals surface area contributed by atoms with Crippen molar-refractivity contribution in [2.45, 2.75) is 22.6 Å². The van der Waals surface area contributed by atoms with Gasteiger partial charge in [-0.15, -0.1) is 0 Å². The summed E-state index contributed by atoms with van der Waals surface area (Å²) < 4.78 is 2.29. The lowest BCUT2D eigenvalue weighted by Gasteiger charge is -2.32. The molecule has 0 saturated carbocycles. The van der Waals surface area contributed by atoms with Gasteiger partial charge >= 0.3 is 0 Å². The molecule has 7 rings (SSSR count). The van der Waals surface area contributed by atoms with Crippen molar-refractivity contribution in [3.8, 4) is 17.1 Å². The number of hydrogen-bond donors (Lipinski definition) is 0. The van der Waals surface area contributed by atoms with Crippen molar-refractivity contribution in [1.29, 1.82) is 0 Å². The molecule has 4 aromatic carbocycles. The molecule has 0 unspecified atom stereocenters. The van der Waals surface area contributed by atoms with E-state index in [9.17, 15) is 0 Å². The van der Waals surface area contributed by atoms with Crippen LogP contribution in [-0.2, 0) is 0 Å². The first-order chi connectivity index (χ1) is 17.4. The monoisotopic (exact) mass is 469 g/mol. The predicted octanol–water partition coefficient (Wildman–Crippen LogP) is 6.83. The fourth-order valence-corrected chi connectivity index (χ4v) is 6.07. The highest BCUT2D eigenvalue weighted by atomic mass is 32.2. The van der Waals surface area contributed by atoms with E-state index in [0.29, 0.717) is 0 Å². The largest absolute Gasteiger partial charge is 0.308 e. The number of aromatic nitrogens is 2. The quantitative estimate of drug-likeness (QED) is 0.283. The fourth-order valence-electron chi connectivity index (χ4n) is 5.01. The standard InChI is InChI=1S/C31H23N3S/c1-2-10-23(11-3-1)34-26-13-5-4-12-25(26)32-31(34)22-18-20-24(21-19-22)33-27-14-6-8-16-29(27)35-30-17-9-7-15-28(30)33/h1-3,6-21H,4-5H2. The van der Waals surface area contributed by atoms with Gasteiger partial charge in [0.1, 0.15) is 5.82 Å². The Morgan fingerprint density at radius 3 is 1.94 bits per heavy atom. The molecule has 168 valence electrons. The SMILES string of the molecule is C1=c2nc(-c3ccc(N4c5ccccc5Sc5ccccc54)cc3)n(-c3ccccc3)c2=CCC1. The van der Waals surface area contributed by atoms with E-state index in [1.807, 2.05) is 11.8 Å². The average molecular weight is 470 g/mol. The van der Waals surface area contributed by atoms with E-state index < -0.39 is 0 Å². The van der Waals surface area contributed by atoms with Crippen molar-refractivity contribution in [1.82, 2.24) is 9.55 Å². The predicted molar refractivity (Wildman–Crippen MR) is 145 cm³/mol. The van der Waals surface area contributed by atoms with Gasteiger partial charge in [-0.25, -0.2) is 4.98 Å². The van der Waals surface area contributed by atoms with E-state index in [2.05, 4.69) is 125 Å². The first-order valence-electron chi connectivity index (χ1n) is 12.0. The average Bonchev–Trinajstić information content (AvgIpc) is 3.32. The first kappa shape index (κ1) is 20.4.